The molecule has 0 fully saturated rings. The van der Waals surface area contributed by atoms with Crippen molar-refractivity contribution >= 4 is 17.0 Å². The summed E-state index contributed by atoms with van der Waals surface area (Å²) in [5, 5.41) is 18.5. The van der Waals surface area contributed by atoms with Crippen LogP contribution in [0.1, 0.15) is 17.2 Å². The second-order valence-corrected chi connectivity index (χ2v) is 3.08. The van der Waals surface area contributed by atoms with Crippen molar-refractivity contribution in [3.8, 4) is 11.5 Å². The fourth-order valence-electron chi connectivity index (χ4n) is 1.54. The Morgan fingerprint density at radius 2 is 2.00 bits per heavy atom. The van der Waals surface area contributed by atoms with Gasteiger partial charge in [0.05, 0.1) is 12.7 Å². The molecule has 1 aliphatic rings. The smallest absolute Gasteiger partial charge is 0.157 e. The highest BCUT2D eigenvalue weighted by atomic mass is 79.9. The van der Waals surface area contributed by atoms with Crippen molar-refractivity contribution in [2.24, 2.45) is 5.73 Å². The van der Waals surface area contributed by atoms with Crippen molar-refractivity contribution < 1.29 is 14.9 Å². The number of halogens is 1. The topological polar surface area (TPSA) is 75.7 Å². The highest BCUT2D eigenvalue weighted by Crippen LogP contribution is 2.37. The van der Waals surface area contributed by atoms with Crippen LogP contribution in [-0.2, 0) is 11.3 Å². The lowest BCUT2D eigenvalue weighted by Crippen LogP contribution is -2.10. The molecule has 0 saturated heterocycles. The molecule has 0 aromatic heterocycles. The van der Waals surface area contributed by atoms with E-state index in [0.717, 1.165) is 11.1 Å². The minimum atomic E-state index is -0.151. The summed E-state index contributed by atoms with van der Waals surface area (Å²) >= 11 is 0. The molecule has 0 bridgehead atoms. The van der Waals surface area contributed by atoms with Crippen LogP contribution >= 0.6 is 17.0 Å². The van der Waals surface area contributed by atoms with E-state index < -0.39 is 0 Å². The van der Waals surface area contributed by atoms with Gasteiger partial charge in [-0.15, -0.1) is 17.0 Å². The summed E-state index contributed by atoms with van der Waals surface area (Å²) in [6.45, 7) is 0.836. The van der Waals surface area contributed by atoms with Gasteiger partial charge in [-0.25, -0.2) is 0 Å². The maximum Gasteiger partial charge on any atom is 0.157 e. The standard InChI is InChI=1S/C9H11NO3.BrH/c10-3-9-6-2-8(12)7(11)1-5(6)4-13-9;/h1-2,9,11-12H,3-4,10H2;1H. The Balaban J connectivity index is 0.000000980. The quantitative estimate of drug-likeness (QED) is 0.665. The lowest BCUT2D eigenvalue weighted by molar-refractivity contribution is 0.0723. The minimum absolute atomic E-state index is 0. The number of nitrogens with two attached hydrogens (primary N) is 1. The van der Waals surface area contributed by atoms with Crippen LogP contribution in [0.25, 0.3) is 0 Å². The van der Waals surface area contributed by atoms with E-state index in [1.165, 1.54) is 12.1 Å². The zero-order chi connectivity index (χ0) is 9.42. The van der Waals surface area contributed by atoms with Crippen molar-refractivity contribution in [2.45, 2.75) is 12.7 Å². The van der Waals surface area contributed by atoms with E-state index in [1.54, 1.807) is 0 Å². The van der Waals surface area contributed by atoms with Crippen molar-refractivity contribution in [1.82, 2.24) is 0 Å². The van der Waals surface area contributed by atoms with Gasteiger partial charge in [0.15, 0.2) is 11.5 Å². The zero-order valence-electron chi connectivity index (χ0n) is 7.43. The molecule has 0 spiro atoms. The number of phenols is 2. The molecule has 1 atom stereocenters. The third kappa shape index (κ3) is 1.70. The predicted molar refractivity (Wildman–Crippen MR) is 56.7 cm³/mol. The van der Waals surface area contributed by atoms with E-state index in [4.69, 9.17) is 10.5 Å². The maximum atomic E-state index is 9.25. The molecule has 1 aromatic rings. The molecule has 1 aromatic carbocycles. The Morgan fingerprint density at radius 3 is 2.64 bits per heavy atom. The monoisotopic (exact) mass is 261 g/mol. The van der Waals surface area contributed by atoms with Gasteiger partial charge in [-0.3, -0.25) is 0 Å². The first-order valence-corrected chi connectivity index (χ1v) is 4.09. The first-order valence-electron chi connectivity index (χ1n) is 4.09. The molecule has 4 N–H and O–H groups in total. The first kappa shape index (κ1) is 11.3. The first-order chi connectivity index (χ1) is 6.22. The zero-order valence-corrected chi connectivity index (χ0v) is 9.15. The Morgan fingerprint density at radius 1 is 1.36 bits per heavy atom. The van der Waals surface area contributed by atoms with Crippen LogP contribution in [0, 0.1) is 0 Å². The molecule has 14 heavy (non-hydrogen) atoms. The Labute approximate surface area is 92.1 Å². The lowest BCUT2D eigenvalue weighted by atomic mass is 10.0. The van der Waals surface area contributed by atoms with Gasteiger partial charge in [-0.05, 0) is 23.3 Å². The Kier molecular flexibility index (Phi) is 3.36. The SMILES string of the molecule is Br.NCC1OCc2cc(O)c(O)cc21. The second-order valence-electron chi connectivity index (χ2n) is 3.08. The molecular formula is C9H12BrNO3. The third-order valence-corrected chi connectivity index (χ3v) is 2.24. The number of ether oxygens (including phenoxy) is 1. The fourth-order valence-corrected chi connectivity index (χ4v) is 1.54. The predicted octanol–water partition coefficient (Wildman–Crippen LogP) is 1.21. The molecular weight excluding hydrogens is 250 g/mol. The number of phenolic OH excluding ortho intramolecular Hbond substituents is 2. The summed E-state index contributed by atoms with van der Waals surface area (Å²) in [6.07, 6.45) is -0.151. The summed E-state index contributed by atoms with van der Waals surface area (Å²) in [7, 11) is 0. The van der Waals surface area contributed by atoms with Gasteiger partial charge in [0, 0.05) is 6.54 Å². The summed E-state index contributed by atoms with van der Waals surface area (Å²) in [4.78, 5) is 0. The van der Waals surface area contributed by atoms with Crippen LogP contribution in [0.4, 0.5) is 0 Å². The molecule has 5 heteroatoms. The average Bonchev–Trinajstić information content (AvgIpc) is 2.48. The van der Waals surface area contributed by atoms with E-state index in [1.807, 2.05) is 0 Å². The molecule has 0 aliphatic carbocycles. The number of fused-ring (bicyclic) bond motifs is 1. The van der Waals surface area contributed by atoms with Gasteiger partial charge in [0.25, 0.3) is 0 Å². The molecule has 78 valence electrons. The van der Waals surface area contributed by atoms with E-state index in [9.17, 15) is 10.2 Å². The summed E-state index contributed by atoms with van der Waals surface area (Å²) in [5.41, 5.74) is 7.23. The molecule has 0 radical (unpaired) electrons. The van der Waals surface area contributed by atoms with Gasteiger partial charge in [-0.1, -0.05) is 0 Å². The highest BCUT2D eigenvalue weighted by molar-refractivity contribution is 8.93. The van der Waals surface area contributed by atoms with Crippen LogP contribution in [0.15, 0.2) is 12.1 Å². The third-order valence-electron chi connectivity index (χ3n) is 2.24. The van der Waals surface area contributed by atoms with E-state index >= 15 is 0 Å². The average molecular weight is 262 g/mol. The molecule has 2 rings (SSSR count). The van der Waals surface area contributed by atoms with Gasteiger partial charge in [-0.2, -0.15) is 0 Å². The second kappa shape index (κ2) is 4.16. The van der Waals surface area contributed by atoms with Crippen molar-refractivity contribution in [1.29, 1.82) is 0 Å². The lowest BCUT2D eigenvalue weighted by Gasteiger charge is -2.07. The van der Waals surface area contributed by atoms with Gasteiger partial charge < -0.3 is 20.7 Å². The Bertz CT molecular complexity index is 343. The fraction of sp³-hybridized carbons (Fsp3) is 0.333. The molecule has 0 amide bonds. The number of hydrogen-bond acceptors (Lipinski definition) is 4. The summed E-state index contributed by atoms with van der Waals surface area (Å²) in [6, 6.07) is 3.02. The normalized spacial score (nSPS) is 18.8. The molecule has 1 aliphatic heterocycles. The van der Waals surface area contributed by atoms with Crippen molar-refractivity contribution in [3.63, 3.8) is 0 Å². The van der Waals surface area contributed by atoms with Gasteiger partial charge in [0.2, 0.25) is 0 Å². The van der Waals surface area contributed by atoms with Crippen LogP contribution in [-0.4, -0.2) is 16.8 Å². The van der Waals surface area contributed by atoms with E-state index in [2.05, 4.69) is 0 Å². The van der Waals surface area contributed by atoms with Gasteiger partial charge in [0.1, 0.15) is 0 Å². The summed E-state index contributed by atoms with van der Waals surface area (Å²) < 4.78 is 5.34. The van der Waals surface area contributed by atoms with Crippen molar-refractivity contribution in [3.05, 3.63) is 23.3 Å². The van der Waals surface area contributed by atoms with Crippen LogP contribution < -0.4 is 5.73 Å². The number of benzene rings is 1. The van der Waals surface area contributed by atoms with E-state index in [0.29, 0.717) is 13.2 Å². The van der Waals surface area contributed by atoms with Crippen LogP contribution in [0.2, 0.25) is 0 Å². The van der Waals surface area contributed by atoms with E-state index in [-0.39, 0.29) is 34.6 Å². The minimum Gasteiger partial charge on any atom is -0.504 e. The van der Waals surface area contributed by atoms with Gasteiger partial charge >= 0.3 is 0 Å². The number of hydrogen-bond donors (Lipinski definition) is 3. The molecule has 4 nitrogen and oxygen atoms in total. The largest absolute Gasteiger partial charge is 0.504 e. The van der Waals surface area contributed by atoms with Crippen molar-refractivity contribution in [2.75, 3.05) is 6.54 Å². The maximum absolute atomic E-state index is 9.25. The number of aromatic hydroxyl groups is 2. The highest BCUT2D eigenvalue weighted by Gasteiger charge is 2.23. The molecule has 1 heterocycles. The molecule has 0 saturated carbocycles. The Hall–Kier alpha value is -0.780. The summed E-state index contributed by atoms with van der Waals surface area (Å²) in [5.74, 6) is -0.234. The van der Waals surface area contributed by atoms with Crippen LogP contribution in [0.3, 0.4) is 0 Å². The number of rotatable bonds is 1. The molecule has 1 unspecified atom stereocenters. The van der Waals surface area contributed by atoms with Crippen LogP contribution in [0.5, 0.6) is 11.5 Å².